The van der Waals surface area contributed by atoms with Crippen LogP contribution in [0.15, 0.2) is 0 Å². The minimum absolute atomic E-state index is 0.169. The van der Waals surface area contributed by atoms with E-state index in [-0.39, 0.29) is 11.8 Å². The Morgan fingerprint density at radius 1 is 0.850 bits per heavy atom. The molecule has 6 nitrogen and oxygen atoms in total. The van der Waals surface area contributed by atoms with E-state index in [1.807, 2.05) is 9.80 Å². The van der Waals surface area contributed by atoms with Gasteiger partial charge in [0.15, 0.2) is 0 Å². The summed E-state index contributed by atoms with van der Waals surface area (Å²) in [6.45, 7) is 5.85. The van der Waals surface area contributed by atoms with Crippen LogP contribution in [0.4, 0.5) is 0 Å². The highest BCUT2D eigenvalue weighted by Gasteiger charge is 2.25. The van der Waals surface area contributed by atoms with E-state index in [4.69, 9.17) is 5.73 Å². The highest BCUT2D eigenvalue weighted by atomic mass is 16.2. The lowest BCUT2D eigenvalue weighted by atomic mass is 10.2. The summed E-state index contributed by atoms with van der Waals surface area (Å²) in [6, 6.07) is 0. The monoisotopic (exact) mass is 282 g/mol. The van der Waals surface area contributed by atoms with Crippen molar-refractivity contribution in [2.45, 2.75) is 25.7 Å². The largest absolute Gasteiger partial charge is 0.339 e. The van der Waals surface area contributed by atoms with Gasteiger partial charge in [0.05, 0.1) is 6.54 Å². The molecule has 0 saturated carbocycles. The molecule has 2 aliphatic heterocycles. The fourth-order valence-corrected chi connectivity index (χ4v) is 2.85. The summed E-state index contributed by atoms with van der Waals surface area (Å²) in [7, 11) is 0. The van der Waals surface area contributed by atoms with Gasteiger partial charge in [-0.05, 0) is 38.9 Å². The Balaban J connectivity index is 1.70. The normalized spacial score (nSPS) is 20.4. The van der Waals surface area contributed by atoms with E-state index in [0.717, 1.165) is 19.5 Å². The minimum atomic E-state index is 0.169. The molecule has 0 atom stereocenters. The Kier molecular flexibility index (Phi) is 5.79. The number of nitrogens with two attached hydrogens (primary N) is 1. The Morgan fingerprint density at radius 3 is 1.95 bits per heavy atom. The molecule has 0 spiro atoms. The summed E-state index contributed by atoms with van der Waals surface area (Å²) in [4.78, 5) is 30.0. The zero-order chi connectivity index (χ0) is 14.4. The first kappa shape index (κ1) is 15.3. The van der Waals surface area contributed by atoms with Crippen LogP contribution in [0.1, 0.15) is 25.7 Å². The van der Waals surface area contributed by atoms with E-state index in [1.165, 1.54) is 12.8 Å². The lowest BCUT2D eigenvalue weighted by Gasteiger charge is -2.35. The van der Waals surface area contributed by atoms with E-state index < -0.39 is 0 Å². The van der Waals surface area contributed by atoms with Crippen LogP contribution in [-0.4, -0.2) is 78.9 Å². The van der Waals surface area contributed by atoms with Crippen molar-refractivity contribution in [3.05, 3.63) is 0 Å². The number of hydrogen-bond donors (Lipinski definition) is 1. The molecule has 2 heterocycles. The van der Waals surface area contributed by atoms with Gasteiger partial charge in [-0.3, -0.25) is 14.5 Å². The molecule has 0 aromatic rings. The van der Waals surface area contributed by atoms with Crippen molar-refractivity contribution in [2.75, 3.05) is 52.4 Å². The maximum Gasteiger partial charge on any atom is 0.236 e. The predicted octanol–water partition coefficient (Wildman–Crippen LogP) is -0.508. The van der Waals surface area contributed by atoms with Crippen molar-refractivity contribution >= 4 is 11.8 Å². The molecule has 114 valence electrons. The molecule has 0 aliphatic carbocycles. The second-order valence-corrected chi connectivity index (χ2v) is 5.64. The standard InChI is InChI=1S/C14H26N4O2/c15-5-3-4-13(19)17-8-10-18(11-9-17)14(20)12-16-6-1-2-7-16/h1-12,15H2. The Bertz CT molecular complexity index is 334. The van der Waals surface area contributed by atoms with E-state index in [9.17, 15) is 9.59 Å². The second-order valence-electron chi connectivity index (χ2n) is 5.64. The topological polar surface area (TPSA) is 69.9 Å². The van der Waals surface area contributed by atoms with E-state index >= 15 is 0 Å². The Labute approximate surface area is 120 Å². The number of carbonyl (C=O) groups is 2. The van der Waals surface area contributed by atoms with Crippen molar-refractivity contribution in [2.24, 2.45) is 5.73 Å². The summed E-state index contributed by atoms with van der Waals surface area (Å²) >= 11 is 0. The number of hydrogen-bond acceptors (Lipinski definition) is 4. The van der Waals surface area contributed by atoms with Gasteiger partial charge in [-0.15, -0.1) is 0 Å². The van der Waals surface area contributed by atoms with Crippen LogP contribution in [-0.2, 0) is 9.59 Å². The first-order valence-corrected chi connectivity index (χ1v) is 7.68. The third-order valence-electron chi connectivity index (χ3n) is 4.14. The summed E-state index contributed by atoms with van der Waals surface area (Å²) in [5, 5.41) is 0. The van der Waals surface area contributed by atoms with E-state index in [0.29, 0.717) is 45.7 Å². The van der Waals surface area contributed by atoms with Crippen LogP contribution < -0.4 is 5.73 Å². The smallest absolute Gasteiger partial charge is 0.236 e. The van der Waals surface area contributed by atoms with Gasteiger partial charge in [0.1, 0.15) is 0 Å². The highest BCUT2D eigenvalue weighted by Crippen LogP contribution is 2.09. The molecule has 2 saturated heterocycles. The summed E-state index contributed by atoms with van der Waals surface area (Å²) < 4.78 is 0. The molecule has 6 heteroatoms. The lowest BCUT2D eigenvalue weighted by Crippen LogP contribution is -2.52. The average molecular weight is 282 g/mol. The van der Waals surface area contributed by atoms with Crippen LogP contribution in [0, 0.1) is 0 Å². The number of amides is 2. The van der Waals surface area contributed by atoms with Crippen molar-refractivity contribution in [1.82, 2.24) is 14.7 Å². The van der Waals surface area contributed by atoms with Gasteiger partial charge in [-0.2, -0.15) is 0 Å². The first-order chi connectivity index (χ1) is 9.70. The lowest BCUT2D eigenvalue weighted by molar-refractivity contribution is -0.140. The molecule has 2 N–H and O–H groups in total. The quantitative estimate of drug-likeness (QED) is 0.737. The summed E-state index contributed by atoms with van der Waals surface area (Å²) in [5.74, 6) is 0.378. The molecule has 0 aromatic carbocycles. The Morgan fingerprint density at radius 2 is 1.40 bits per heavy atom. The number of rotatable bonds is 5. The molecule has 2 rings (SSSR count). The van der Waals surface area contributed by atoms with Gasteiger partial charge in [0.25, 0.3) is 0 Å². The SMILES string of the molecule is NCCCC(=O)N1CCN(C(=O)CN2CCCC2)CC1. The molecule has 0 unspecified atom stereocenters. The van der Waals surface area contributed by atoms with Gasteiger partial charge in [-0.1, -0.05) is 0 Å². The fraction of sp³-hybridized carbons (Fsp3) is 0.857. The third kappa shape index (κ3) is 4.18. The number of nitrogens with zero attached hydrogens (tertiary/aromatic N) is 3. The second kappa shape index (κ2) is 7.59. The van der Waals surface area contributed by atoms with Crippen molar-refractivity contribution < 1.29 is 9.59 Å². The van der Waals surface area contributed by atoms with Crippen LogP contribution in [0.25, 0.3) is 0 Å². The zero-order valence-electron chi connectivity index (χ0n) is 12.2. The van der Waals surface area contributed by atoms with Gasteiger partial charge < -0.3 is 15.5 Å². The van der Waals surface area contributed by atoms with E-state index in [1.54, 1.807) is 0 Å². The third-order valence-corrected chi connectivity index (χ3v) is 4.14. The van der Waals surface area contributed by atoms with E-state index in [2.05, 4.69) is 4.90 Å². The van der Waals surface area contributed by atoms with Crippen LogP contribution in [0.5, 0.6) is 0 Å². The maximum atomic E-state index is 12.2. The molecule has 2 amide bonds. The molecule has 0 aromatic heterocycles. The number of piperazine rings is 1. The zero-order valence-corrected chi connectivity index (χ0v) is 12.2. The van der Waals surface area contributed by atoms with Gasteiger partial charge in [-0.25, -0.2) is 0 Å². The van der Waals surface area contributed by atoms with Gasteiger partial charge in [0.2, 0.25) is 11.8 Å². The van der Waals surface area contributed by atoms with Gasteiger partial charge in [0, 0.05) is 32.6 Å². The molecule has 20 heavy (non-hydrogen) atoms. The van der Waals surface area contributed by atoms with Gasteiger partial charge >= 0.3 is 0 Å². The van der Waals surface area contributed by atoms with Crippen LogP contribution >= 0.6 is 0 Å². The molecular weight excluding hydrogens is 256 g/mol. The fourth-order valence-electron chi connectivity index (χ4n) is 2.85. The Hall–Kier alpha value is -1.14. The predicted molar refractivity (Wildman–Crippen MR) is 77.1 cm³/mol. The van der Waals surface area contributed by atoms with Crippen molar-refractivity contribution in [3.63, 3.8) is 0 Å². The molecular formula is C14H26N4O2. The van der Waals surface area contributed by atoms with Crippen LogP contribution in [0.3, 0.4) is 0 Å². The first-order valence-electron chi connectivity index (χ1n) is 7.68. The number of carbonyl (C=O) groups excluding carboxylic acids is 2. The van der Waals surface area contributed by atoms with Crippen molar-refractivity contribution in [3.8, 4) is 0 Å². The average Bonchev–Trinajstić information content (AvgIpc) is 2.97. The minimum Gasteiger partial charge on any atom is -0.339 e. The maximum absolute atomic E-state index is 12.2. The van der Waals surface area contributed by atoms with Crippen molar-refractivity contribution in [1.29, 1.82) is 0 Å². The molecule has 2 fully saturated rings. The summed E-state index contributed by atoms with van der Waals surface area (Å²) in [5.41, 5.74) is 5.42. The highest BCUT2D eigenvalue weighted by molar-refractivity contribution is 5.79. The number of likely N-dealkylation sites (tertiary alicyclic amines) is 1. The molecule has 0 radical (unpaired) electrons. The van der Waals surface area contributed by atoms with Crippen LogP contribution in [0.2, 0.25) is 0 Å². The molecule has 2 aliphatic rings. The molecule has 0 bridgehead atoms. The summed E-state index contributed by atoms with van der Waals surface area (Å²) in [6.07, 6.45) is 3.68.